The van der Waals surface area contributed by atoms with Crippen molar-refractivity contribution >= 4 is 0 Å². The zero-order chi connectivity index (χ0) is 18.3. The van der Waals surface area contributed by atoms with Crippen molar-refractivity contribution in [1.82, 2.24) is 9.88 Å². The summed E-state index contributed by atoms with van der Waals surface area (Å²) in [6.45, 7) is 7.55. The van der Waals surface area contributed by atoms with Crippen molar-refractivity contribution in [1.29, 1.82) is 0 Å². The molecule has 0 bridgehead atoms. The molecule has 0 aliphatic carbocycles. The predicted molar refractivity (Wildman–Crippen MR) is 95.3 cm³/mol. The molecule has 1 aliphatic rings. The molecule has 1 fully saturated rings. The summed E-state index contributed by atoms with van der Waals surface area (Å²) in [6.07, 6.45) is 1.68. The molecule has 26 heavy (non-hydrogen) atoms. The topological polar surface area (TPSA) is 82.5 Å². The van der Waals surface area contributed by atoms with Crippen molar-refractivity contribution in [3.8, 4) is 5.75 Å². The lowest BCUT2D eigenvalue weighted by Gasteiger charge is -2.22. The van der Waals surface area contributed by atoms with Gasteiger partial charge in [0.2, 0.25) is 0 Å². The largest absolute Gasteiger partial charge is 0.506 e. The average Bonchev–Trinajstić information content (AvgIpc) is 2.65. The molecule has 0 amide bonds. The molecule has 0 aromatic carbocycles. The molecule has 0 spiro atoms. The quantitative estimate of drug-likeness (QED) is 0.814. The molecule has 1 aromatic heterocycles. The Bertz CT molecular complexity index is 459. The highest BCUT2D eigenvalue weighted by Gasteiger charge is 2.10. The lowest BCUT2D eigenvalue weighted by Crippen LogP contribution is -2.31. The first-order valence-electron chi connectivity index (χ1n) is 9.10. The fourth-order valence-corrected chi connectivity index (χ4v) is 2.40. The molecule has 1 aromatic rings. The van der Waals surface area contributed by atoms with E-state index in [1.165, 1.54) is 0 Å². The van der Waals surface area contributed by atoms with Crippen LogP contribution in [0.4, 0.5) is 0 Å². The molecule has 0 atom stereocenters. The van der Waals surface area contributed by atoms with Crippen LogP contribution in [0.25, 0.3) is 0 Å². The summed E-state index contributed by atoms with van der Waals surface area (Å²) in [5, 5.41) is 9.93. The fourth-order valence-electron chi connectivity index (χ4n) is 2.40. The van der Waals surface area contributed by atoms with Crippen LogP contribution in [0.3, 0.4) is 0 Å². The van der Waals surface area contributed by atoms with Gasteiger partial charge in [0.25, 0.3) is 0 Å². The van der Waals surface area contributed by atoms with Crippen LogP contribution in [0.2, 0.25) is 0 Å². The Labute approximate surface area is 155 Å². The molecule has 1 N–H and O–H groups in total. The van der Waals surface area contributed by atoms with E-state index in [0.717, 1.165) is 13.1 Å². The maximum Gasteiger partial charge on any atom is 0.138 e. The number of aromatic nitrogens is 1. The van der Waals surface area contributed by atoms with E-state index in [1.807, 2.05) is 0 Å². The van der Waals surface area contributed by atoms with Crippen LogP contribution in [0.1, 0.15) is 5.69 Å². The van der Waals surface area contributed by atoms with Gasteiger partial charge in [0.1, 0.15) is 5.75 Å². The van der Waals surface area contributed by atoms with Gasteiger partial charge in [-0.3, -0.25) is 9.88 Å². The van der Waals surface area contributed by atoms with Gasteiger partial charge in [-0.25, -0.2) is 0 Å². The lowest BCUT2D eigenvalue weighted by atomic mass is 10.3. The molecule has 148 valence electrons. The van der Waals surface area contributed by atoms with Crippen LogP contribution in [-0.4, -0.2) is 94.1 Å². The van der Waals surface area contributed by atoms with Crippen LogP contribution in [0.15, 0.2) is 18.3 Å². The second kappa shape index (κ2) is 13.9. The van der Waals surface area contributed by atoms with E-state index >= 15 is 0 Å². The van der Waals surface area contributed by atoms with E-state index in [1.54, 1.807) is 18.3 Å². The van der Waals surface area contributed by atoms with Gasteiger partial charge in [-0.1, -0.05) is 0 Å². The van der Waals surface area contributed by atoms with Crippen LogP contribution in [0.5, 0.6) is 5.75 Å². The number of ether oxygens (including phenoxy) is 5. The van der Waals surface area contributed by atoms with Crippen LogP contribution in [-0.2, 0) is 30.2 Å². The minimum absolute atomic E-state index is 0.206. The van der Waals surface area contributed by atoms with Gasteiger partial charge in [-0.05, 0) is 12.1 Å². The first-order valence-corrected chi connectivity index (χ1v) is 9.10. The Morgan fingerprint density at radius 2 is 1.23 bits per heavy atom. The summed E-state index contributed by atoms with van der Waals surface area (Å²) in [7, 11) is 0. The molecule has 1 aliphatic heterocycles. The van der Waals surface area contributed by atoms with Crippen LogP contribution < -0.4 is 0 Å². The van der Waals surface area contributed by atoms with Crippen LogP contribution in [0, 0.1) is 0 Å². The van der Waals surface area contributed by atoms with Gasteiger partial charge >= 0.3 is 0 Å². The molecule has 0 radical (unpaired) electrons. The molecular weight excluding hydrogens is 340 g/mol. The second-order valence-corrected chi connectivity index (χ2v) is 5.81. The van der Waals surface area contributed by atoms with Gasteiger partial charge < -0.3 is 28.8 Å². The Hall–Kier alpha value is -1.29. The molecule has 2 heterocycles. The van der Waals surface area contributed by atoms with E-state index < -0.39 is 0 Å². The highest BCUT2D eigenvalue weighted by atomic mass is 16.6. The van der Waals surface area contributed by atoms with E-state index in [2.05, 4.69) is 9.88 Å². The van der Waals surface area contributed by atoms with Gasteiger partial charge in [-0.15, -0.1) is 0 Å². The zero-order valence-corrected chi connectivity index (χ0v) is 15.3. The number of aromatic hydroxyl groups is 1. The molecule has 8 nitrogen and oxygen atoms in total. The average molecular weight is 370 g/mol. The Kier molecular flexibility index (Phi) is 11.2. The Morgan fingerprint density at radius 1 is 0.769 bits per heavy atom. The third-order valence-corrected chi connectivity index (χ3v) is 3.83. The van der Waals surface area contributed by atoms with Gasteiger partial charge in [0.15, 0.2) is 0 Å². The molecule has 0 saturated carbocycles. The lowest BCUT2D eigenvalue weighted by molar-refractivity contribution is -0.0190. The first kappa shape index (κ1) is 21.0. The zero-order valence-electron chi connectivity index (χ0n) is 15.3. The first-order chi connectivity index (χ1) is 12.9. The van der Waals surface area contributed by atoms with Crippen LogP contribution >= 0.6 is 0 Å². The van der Waals surface area contributed by atoms with Gasteiger partial charge in [-0.2, -0.15) is 0 Å². The highest BCUT2D eigenvalue weighted by molar-refractivity contribution is 5.24. The smallest absolute Gasteiger partial charge is 0.138 e. The van der Waals surface area contributed by atoms with Crippen molar-refractivity contribution in [3.05, 3.63) is 24.0 Å². The summed E-state index contributed by atoms with van der Waals surface area (Å²) in [5.74, 6) is 0.206. The molecule has 1 saturated heterocycles. The van der Waals surface area contributed by atoms with E-state index in [-0.39, 0.29) is 5.75 Å². The molecule has 2 rings (SSSR count). The summed E-state index contributed by atoms with van der Waals surface area (Å²) < 4.78 is 27.5. The summed E-state index contributed by atoms with van der Waals surface area (Å²) in [4.78, 5) is 6.40. The van der Waals surface area contributed by atoms with Gasteiger partial charge in [0, 0.05) is 25.8 Å². The second-order valence-electron chi connectivity index (χ2n) is 5.81. The summed E-state index contributed by atoms with van der Waals surface area (Å²) >= 11 is 0. The molecule has 0 unspecified atom stereocenters. The predicted octanol–water partition coefficient (Wildman–Crippen LogP) is 0.686. The fraction of sp³-hybridized carbons (Fsp3) is 0.722. The number of nitrogens with zero attached hydrogens (tertiary/aromatic N) is 2. The minimum atomic E-state index is 0.206. The maximum atomic E-state index is 9.93. The van der Waals surface area contributed by atoms with E-state index in [0.29, 0.717) is 78.3 Å². The number of rotatable bonds is 2. The monoisotopic (exact) mass is 370 g/mol. The van der Waals surface area contributed by atoms with E-state index in [9.17, 15) is 5.11 Å². The number of pyridine rings is 1. The third-order valence-electron chi connectivity index (χ3n) is 3.83. The van der Waals surface area contributed by atoms with Crippen molar-refractivity contribution in [2.45, 2.75) is 6.54 Å². The highest BCUT2D eigenvalue weighted by Crippen LogP contribution is 2.14. The third kappa shape index (κ3) is 9.42. The normalized spacial score (nSPS) is 20.9. The Morgan fingerprint density at radius 3 is 1.69 bits per heavy atom. The van der Waals surface area contributed by atoms with Crippen molar-refractivity contribution < 1.29 is 28.8 Å². The maximum absolute atomic E-state index is 9.93. The van der Waals surface area contributed by atoms with Crippen molar-refractivity contribution in [2.75, 3.05) is 79.2 Å². The van der Waals surface area contributed by atoms with Crippen molar-refractivity contribution in [2.24, 2.45) is 0 Å². The van der Waals surface area contributed by atoms with Crippen molar-refractivity contribution in [3.63, 3.8) is 0 Å². The molecular formula is C18H30N2O6. The minimum Gasteiger partial charge on any atom is -0.506 e. The standard InChI is InChI=1S/C18H30N2O6/c21-18-2-1-3-19-17(18)16-20-4-6-22-8-10-24-12-14-26-15-13-25-11-9-23-7-5-20/h1-3,21H,4-16H2. The number of hydrogen-bond acceptors (Lipinski definition) is 8. The summed E-state index contributed by atoms with van der Waals surface area (Å²) in [5.41, 5.74) is 0.654. The molecule has 8 heteroatoms. The Balaban J connectivity index is 1.78. The SMILES string of the molecule is Oc1cccnc1CN1CCOCCOCCOCCOCCOCC1. The number of hydrogen-bond donors (Lipinski definition) is 1. The summed E-state index contributed by atoms with van der Waals surface area (Å²) in [6, 6.07) is 3.37. The van der Waals surface area contributed by atoms with Gasteiger partial charge in [0.05, 0.1) is 71.8 Å². The van der Waals surface area contributed by atoms with E-state index in [4.69, 9.17) is 23.7 Å².